The van der Waals surface area contributed by atoms with E-state index >= 15 is 0 Å². The van der Waals surface area contributed by atoms with Gasteiger partial charge in [-0.05, 0) is 43.4 Å². The number of carbonyl (C=O) groups is 1. The first kappa shape index (κ1) is 13.1. The molecule has 4 heteroatoms. The zero-order chi connectivity index (χ0) is 14.1. The smallest absolute Gasteiger partial charge is 0.255 e. The van der Waals surface area contributed by atoms with Crippen LogP contribution >= 0.6 is 0 Å². The van der Waals surface area contributed by atoms with E-state index < -0.39 is 0 Å². The molecule has 3 rings (SSSR count). The maximum atomic E-state index is 13.3. The van der Waals surface area contributed by atoms with Crippen molar-refractivity contribution < 1.29 is 9.18 Å². The molecule has 20 heavy (non-hydrogen) atoms. The average molecular weight is 272 g/mol. The fourth-order valence-corrected chi connectivity index (χ4v) is 3.28. The van der Waals surface area contributed by atoms with E-state index in [0.29, 0.717) is 23.1 Å². The number of fused-ring (bicyclic) bond motifs is 2. The summed E-state index contributed by atoms with van der Waals surface area (Å²) in [6, 6.07) is 4.51. The van der Waals surface area contributed by atoms with Gasteiger partial charge in [0.25, 0.3) is 5.91 Å². The van der Waals surface area contributed by atoms with Crippen LogP contribution in [0.15, 0.2) is 18.2 Å². The first-order valence-corrected chi connectivity index (χ1v) is 6.98. The van der Waals surface area contributed by atoms with Crippen molar-refractivity contribution in [1.29, 1.82) is 0 Å². The molecule has 2 bridgehead atoms. The lowest BCUT2D eigenvalue weighted by Gasteiger charge is -2.27. The lowest BCUT2D eigenvalue weighted by Crippen LogP contribution is -2.38. The molecule has 0 spiro atoms. The van der Waals surface area contributed by atoms with E-state index in [4.69, 9.17) is 5.73 Å². The SMILES string of the molecule is NCC#Cc1cc(F)ccc1C(=O)N1CC2CCC1C2. The summed E-state index contributed by atoms with van der Waals surface area (Å²) in [6.45, 7) is 1.02. The minimum Gasteiger partial charge on any atom is -0.335 e. The highest BCUT2D eigenvalue weighted by molar-refractivity contribution is 5.97. The van der Waals surface area contributed by atoms with Gasteiger partial charge < -0.3 is 10.6 Å². The molecule has 1 amide bonds. The number of nitrogens with zero attached hydrogens (tertiary/aromatic N) is 1. The summed E-state index contributed by atoms with van der Waals surface area (Å²) in [7, 11) is 0. The first-order valence-electron chi connectivity index (χ1n) is 6.98. The fourth-order valence-electron chi connectivity index (χ4n) is 3.28. The monoisotopic (exact) mass is 272 g/mol. The Kier molecular flexibility index (Phi) is 3.45. The average Bonchev–Trinajstić information content (AvgIpc) is 3.07. The van der Waals surface area contributed by atoms with Crippen LogP contribution < -0.4 is 5.73 Å². The second-order valence-electron chi connectivity index (χ2n) is 5.49. The quantitative estimate of drug-likeness (QED) is 0.792. The van der Waals surface area contributed by atoms with Gasteiger partial charge in [0.15, 0.2) is 0 Å². The van der Waals surface area contributed by atoms with Crippen molar-refractivity contribution >= 4 is 5.91 Å². The van der Waals surface area contributed by atoms with Crippen molar-refractivity contribution in [3.8, 4) is 11.8 Å². The molecule has 1 heterocycles. The molecule has 1 saturated heterocycles. The number of rotatable bonds is 1. The number of hydrogen-bond acceptors (Lipinski definition) is 2. The third-order valence-corrected chi connectivity index (χ3v) is 4.21. The van der Waals surface area contributed by atoms with Gasteiger partial charge in [-0.3, -0.25) is 4.79 Å². The van der Waals surface area contributed by atoms with Gasteiger partial charge in [-0.2, -0.15) is 0 Å². The molecule has 2 N–H and O–H groups in total. The van der Waals surface area contributed by atoms with Crippen LogP contribution in [0.3, 0.4) is 0 Å². The van der Waals surface area contributed by atoms with Gasteiger partial charge in [-0.1, -0.05) is 11.8 Å². The standard InChI is InChI=1S/C16H17FN2O/c17-13-4-6-15(12(9-13)2-1-7-18)16(20)19-10-11-3-5-14(19)8-11/h4,6,9,11,14H,3,5,7-8,10,18H2. The molecule has 2 atom stereocenters. The summed E-state index contributed by atoms with van der Waals surface area (Å²) in [5.41, 5.74) is 6.27. The zero-order valence-electron chi connectivity index (χ0n) is 11.2. The molecular weight excluding hydrogens is 255 g/mol. The Balaban J connectivity index is 1.91. The molecule has 2 unspecified atom stereocenters. The molecular formula is C16H17FN2O. The van der Waals surface area contributed by atoms with Crippen molar-refractivity contribution in [1.82, 2.24) is 4.90 Å². The molecule has 0 aromatic heterocycles. The molecule has 1 aromatic rings. The van der Waals surface area contributed by atoms with Crippen molar-refractivity contribution in [3.05, 3.63) is 35.1 Å². The van der Waals surface area contributed by atoms with Gasteiger partial charge in [0, 0.05) is 18.2 Å². The van der Waals surface area contributed by atoms with Gasteiger partial charge in [-0.25, -0.2) is 4.39 Å². The van der Waals surface area contributed by atoms with Gasteiger partial charge in [-0.15, -0.1) is 0 Å². The molecule has 104 valence electrons. The number of halogens is 1. The molecule has 1 aliphatic heterocycles. The zero-order valence-corrected chi connectivity index (χ0v) is 11.2. The van der Waals surface area contributed by atoms with Crippen LogP contribution in [-0.4, -0.2) is 29.9 Å². The highest BCUT2D eigenvalue weighted by atomic mass is 19.1. The number of likely N-dealkylation sites (tertiary alicyclic amines) is 1. The Bertz CT molecular complexity index is 602. The second kappa shape index (κ2) is 5.26. The summed E-state index contributed by atoms with van der Waals surface area (Å²) in [5.74, 6) is 5.72. The van der Waals surface area contributed by atoms with Crippen LogP contribution in [0.25, 0.3) is 0 Å². The van der Waals surface area contributed by atoms with Gasteiger partial charge in [0.05, 0.1) is 12.1 Å². The summed E-state index contributed by atoms with van der Waals surface area (Å²) in [4.78, 5) is 14.6. The summed E-state index contributed by atoms with van der Waals surface area (Å²) in [6.07, 6.45) is 3.41. The van der Waals surface area contributed by atoms with E-state index in [-0.39, 0.29) is 18.3 Å². The van der Waals surface area contributed by atoms with Crippen LogP contribution in [0.4, 0.5) is 4.39 Å². The fraction of sp³-hybridized carbons (Fsp3) is 0.438. The maximum Gasteiger partial charge on any atom is 0.255 e. The lowest BCUT2D eigenvalue weighted by atomic mass is 10.0. The highest BCUT2D eigenvalue weighted by Gasteiger charge is 2.40. The second-order valence-corrected chi connectivity index (χ2v) is 5.49. The largest absolute Gasteiger partial charge is 0.335 e. The van der Waals surface area contributed by atoms with E-state index in [0.717, 1.165) is 19.4 Å². The Morgan fingerprint density at radius 1 is 1.45 bits per heavy atom. The lowest BCUT2D eigenvalue weighted by molar-refractivity contribution is 0.0703. The van der Waals surface area contributed by atoms with E-state index in [2.05, 4.69) is 11.8 Å². The Morgan fingerprint density at radius 3 is 2.95 bits per heavy atom. The minimum atomic E-state index is -0.384. The Morgan fingerprint density at radius 2 is 2.30 bits per heavy atom. The number of nitrogens with two attached hydrogens (primary N) is 1. The number of piperidine rings is 1. The van der Waals surface area contributed by atoms with Crippen molar-refractivity contribution in [2.24, 2.45) is 11.7 Å². The van der Waals surface area contributed by atoms with E-state index in [1.807, 2.05) is 4.90 Å². The van der Waals surface area contributed by atoms with Gasteiger partial charge >= 0.3 is 0 Å². The Hall–Kier alpha value is -1.86. The van der Waals surface area contributed by atoms with E-state index in [9.17, 15) is 9.18 Å². The van der Waals surface area contributed by atoms with Gasteiger partial charge in [0.2, 0.25) is 0 Å². The van der Waals surface area contributed by atoms with Crippen LogP contribution in [0.5, 0.6) is 0 Å². The molecule has 1 saturated carbocycles. The molecule has 0 radical (unpaired) electrons. The third-order valence-electron chi connectivity index (χ3n) is 4.21. The number of carbonyl (C=O) groups excluding carboxylic acids is 1. The summed E-state index contributed by atoms with van der Waals surface area (Å²) < 4.78 is 13.3. The minimum absolute atomic E-state index is 0.0291. The summed E-state index contributed by atoms with van der Waals surface area (Å²) in [5, 5.41) is 0. The summed E-state index contributed by atoms with van der Waals surface area (Å²) >= 11 is 0. The van der Waals surface area contributed by atoms with Crippen molar-refractivity contribution in [2.75, 3.05) is 13.1 Å². The molecule has 1 aromatic carbocycles. The highest BCUT2D eigenvalue weighted by Crippen LogP contribution is 2.38. The molecule has 3 nitrogen and oxygen atoms in total. The van der Waals surface area contributed by atoms with Crippen molar-refractivity contribution in [2.45, 2.75) is 25.3 Å². The number of hydrogen-bond donors (Lipinski definition) is 1. The van der Waals surface area contributed by atoms with Crippen molar-refractivity contribution in [3.63, 3.8) is 0 Å². The topological polar surface area (TPSA) is 46.3 Å². The molecule has 1 aliphatic carbocycles. The van der Waals surface area contributed by atoms with Gasteiger partial charge in [0.1, 0.15) is 5.82 Å². The third kappa shape index (κ3) is 2.30. The van der Waals surface area contributed by atoms with Crippen LogP contribution in [0.2, 0.25) is 0 Å². The van der Waals surface area contributed by atoms with E-state index in [1.165, 1.54) is 24.6 Å². The van der Waals surface area contributed by atoms with E-state index in [1.54, 1.807) is 0 Å². The predicted octanol–water partition coefficient (Wildman–Crippen LogP) is 1.76. The van der Waals surface area contributed by atoms with Crippen LogP contribution in [0.1, 0.15) is 35.2 Å². The molecule has 2 fully saturated rings. The predicted molar refractivity (Wildman–Crippen MR) is 74.5 cm³/mol. The number of benzene rings is 1. The molecule has 2 aliphatic rings. The first-order chi connectivity index (χ1) is 9.69. The normalized spacial score (nSPS) is 23.6. The number of amides is 1. The van der Waals surface area contributed by atoms with Crippen LogP contribution in [0, 0.1) is 23.6 Å². The van der Waals surface area contributed by atoms with Crippen LogP contribution in [-0.2, 0) is 0 Å². The Labute approximate surface area is 117 Å². The maximum absolute atomic E-state index is 13.3.